The number of nitrogens with zero attached hydrogens (tertiary/aromatic N) is 3. The van der Waals surface area contributed by atoms with Crippen molar-refractivity contribution in [2.24, 2.45) is 0 Å². The van der Waals surface area contributed by atoms with Crippen LogP contribution in [-0.2, 0) is 17.8 Å². The summed E-state index contributed by atoms with van der Waals surface area (Å²) in [6.45, 7) is 6.80. The van der Waals surface area contributed by atoms with Crippen LogP contribution in [0.2, 0.25) is 0 Å². The number of hydrogen-bond donors (Lipinski definition) is 0. The molecule has 6 nitrogen and oxygen atoms in total. The second-order valence-corrected chi connectivity index (χ2v) is 4.33. The van der Waals surface area contributed by atoms with Gasteiger partial charge in [-0.1, -0.05) is 0 Å². The van der Waals surface area contributed by atoms with Gasteiger partial charge in [-0.15, -0.1) is 0 Å². The highest BCUT2D eigenvalue weighted by Gasteiger charge is 2.11. The molecule has 2 heterocycles. The molecular weight excluding hydrogens is 234 g/mol. The van der Waals surface area contributed by atoms with E-state index >= 15 is 0 Å². The van der Waals surface area contributed by atoms with Crippen molar-refractivity contribution in [3.63, 3.8) is 0 Å². The van der Waals surface area contributed by atoms with Crippen LogP contribution in [0, 0.1) is 0 Å². The average Bonchev–Trinajstić information content (AvgIpc) is 2.40. The molecule has 0 radical (unpaired) electrons. The molecule has 0 aliphatic carbocycles. The Kier molecular flexibility index (Phi) is 4.33. The zero-order valence-corrected chi connectivity index (χ0v) is 10.7. The Balaban J connectivity index is 2.08. The maximum atomic E-state index is 12.0. The van der Waals surface area contributed by atoms with Crippen molar-refractivity contribution in [2.75, 3.05) is 32.8 Å². The van der Waals surface area contributed by atoms with Gasteiger partial charge < -0.3 is 9.30 Å². The van der Waals surface area contributed by atoms with Crippen LogP contribution < -0.4 is 11.2 Å². The van der Waals surface area contributed by atoms with Gasteiger partial charge in [0.2, 0.25) is 0 Å². The van der Waals surface area contributed by atoms with E-state index in [2.05, 4.69) is 4.90 Å². The Morgan fingerprint density at radius 2 is 1.94 bits per heavy atom. The number of ether oxygens (including phenoxy) is 1. The molecule has 2 rings (SSSR count). The standard InChI is InChI=1S/C12H19N3O3/c1-2-14-4-3-11(16)15(12(14)17)6-5-13-7-9-18-10-8-13/h3-4H,2,5-10H2,1H3. The highest BCUT2D eigenvalue weighted by Crippen LogP contribution is 1.96. The van der Waals surface area contributed by atoms with Gasteiger partial charge in [0.15, 0.2) is 0 Å². The lowest BCUT2D eigenvalue weighted by Crippen LogP contribution is -2.44. The van der Waals surface area contributed by atoms with Gasteiger partial charge in [-0.05, 0) is 6.92 Å². The van der Waals surface area contributed by atoms with E-state index in [9.17, 15) is 9.59 Å². The summed E-state index contributed by atoms with van der Waals surface area (Å²) in [5, 5.41) is 0. The van der Waals surface area contributed by atoms with Crippen molar-refractivity contribution >= 4 is 0 Å². The van der Waals surface area contributed by atoms with Crippen molar-refractivity contribution in [2.45, 2.75) is 20.0 Å². The number of rotatable bonds is 4. The minimum atomic E-state index is -0.224. The van der Waals surface area contributed by atoms with E-state index in [1.807, 2.05) is 6.92 Å². The quantitative estimate of drug-likeness (QED) is 0.716. The van der Waals surface area contributed by atoms with E-state index < -0.39 is 0 Å². The monoisotopic (exact) mass is 253 g/mol. The van der Waals surface area contributed by atoms with Gasteiger partial charge in [0.25, 0.3) is 5.56 Å². The summed E-state index contributed by atoms with van der Waals surface area (Å²) in [6, 6.07) is 1.45. The van der Waals surface area contributed by atoms with Crippen LogP contribution in [0.5, 0.6) is 0 Å². The Labute approximate surface area is 105 Å². The molecule has 1 aromatic rings. The maximum Gasteiger partial charge on any atom is 0.330 e. The Morgan fingerprint density at radius 3 is 2.61 bits per heavy atom. The maximum absolute atomic E-state index is 12.0. The first-order valence-corrected chi connectivity index (χ1v) is 6.32. The van der Waals surface area contributed by atoms with Crippen LogP contribution in [0.15, 0.2) is 21.9 Å². The molecule has 0 amide bonds. The summed E-state index contributed by atoms with van der Waals surface area (Å²) in [6.07, 6.45) is 1.55. The predicted molar refractivity (Wildman–Crippen MR) is 67.9 cm³/mol. The molecule has 100 valence electrons. The predicted octanol–water partition coefficient (Wildman–Crippen LogP) is -0.638. The van der Waals surface area contributed by atoms with E-state index in [-0.39, 0.29) is 11.2 Å². The fourth-order valence-corrected chi connectivity index (χ4v) is 2.07. The number of aromatic nitrogens is 2. The molecule has 0 unspecified atom stereocenters. The lowest BCUT2D eigenvalue weighted by atomic mass is 10.4. The molecule has 18 heavy (non-hydrogen) atoms. The summed E-state index contributed by atoms with van der Waals surface area (Å²) >= 11 is 0. The largest absolute Gasteiger partial charge is 0.379 e. The first-order valence-electron chi connectivity index (χ1n) is 6.32. The van der Waals surface area contributed by atoms with Crippen LogP contribution in [0.4, 0.5) is 0 Å². The van der Waals surface area contributed by atoms with Gasteiger partial charge >= 0.3 is 5.69 Å². The fourth-order valence-electron chi connectivity index (χ4n) is 2.07. The molecule has 0 saturated carbocycles. The smallest absolute Gasteiger partial charge is 0.330 e. The summed E-state index contributed by atoms with van der Waals surface area (Å²) in [4.78, 5) is 25.9. The van der Waals surface area contributed by atoms with E-state index in [4.69, 9.17) is 4.74 Å². The summed E-state index contributed by atoms with van der Waals surface area (Å²) in [5.74, 6) is 0. The minimum absolute atomic E-state index is 0.224. The summed E-state index contributed by atoms with van der Waals surface area (Å²) in [7, 11) is 0. The third-order valence-electron chi connectivity index (χ3n) is 3.22. The van der Waals surface area contributed by atoms with Crippen LogP contribution in [0.25, 0.3) is 0 Å². The number of morpholine rings is 1. The van der Waals surface area contributed by atoms with Crippen molar-refractivity contribution in [1.29, 1.82) is 0 Å². The van der Waals surface area contributed by atoms with Gasteiger partial charge in [-0.2, -0.15) is 0 Å². The van der Waals surface area contributed by atoms with Crippen LogP contribution in [0.1, 0.15) is 6.92 Å². The number of aryl methyl sites for hydroxylation is 1. The molecule has 0 N–H and O–H groups in total. The molecule has 1 saturated heterocycles. The zero-order chi connectivity index (χ0) is 13.0. The molecule has 0 spiro atoms. The van der Waals surface area contributed by atoms with Crippen LogP contribution in [0.3, 0.4) is 0 Å². The molecule has 1 aliphatic heterocycles. The van der Waals surface area contributed by atoms with E-state index in [0.717, 1.165) is 26.3 Å². The van der Waals surface area contributed by atoms with Crippen LogP contribution in [-0.4, -0.2) is 46.9 Å². The Morgan fingerprint density at radius 1 is 1.22 bits per heavy atom. The molecule has 1 aromatic heterocycles. The van der Waals surface area contributed by atoms with Crippen LogP contribution >= 0.6 is 0 Å². The van der Waals surface area contributed by atoms with Crippen molar-refractivity contribution < 1.29 is 4.74 Å². The van der Waals surface area contributed by atoms with Gasteiger partial charge in [-0.25, -0.2) is 4.79 Å². The average molecular weight is 253 g/mol. The van der Waals surface area contributed by atoms with Gasteiger partial charge in [0.1, 0.15) is 0 Å². The van der Waals surface area contributed by atoms with Gasteiger partial charge in [0, 0.05) is 45.0 Å². The Hall–Kier alpha value is -1.40. The second-order valence-electron chi connectivity index (χ2n) is 4.33. The van der Waals surface area contributed by atoms with Crippen molar-refractivity contribution in [1.82, 2.24) is 14.0 Å². The third kappa shape index (κ3) is 2.88. The normalized spacial score (nSPS) is 16.9. The molecular formula is C12H19N3O3. The zero-order valence-electron chi connectivity index (χ0n) is 10.7. The highest BCUT2D eigenvalue weighted by atomic mass is 16.5. The lowest BCUT2D eigenvalue weighted by Gasteiger charge is -2.26. The van der Waals surface area contributed by atoms with E-state index in [0.29, 0.717) is 19.6 Å². The summed E-state index contributed by atoms with van der Waals surface area (Å²) < 4.78 is 8.11. The number of hydrogen-bond acceptors (Lipinski definition) is 4. The molecule has 0 aromatic carbocycles. The van der Waals surface area contributed by atoms with Gasteiger partial charge in [-0.3, -0.25) is 14.3 Å². The minimum Gasteiger partial charge on any atom is -0.379 e. The first kappa shape index (κ1) is 13.0. The molecule has 1 fully saturated rings. The van der Waals surface area contributed by atoms with E-state index in [1.165, 1.54) is 10.6 Å². The van der Waals surface area contributed by atoms with Crippen molar-refractivity contribution in [3.8, 4) is 0 Å². The highest BCUT2D eigenvalue weighted by molar-refractivity contribution is 4.86. The summed E-state index contributed by atoms with van der Waals surface area (Å²) in [5.41, 5.74) is -0.448. The lowest BCUT2D eigenvalue weighted by molar-refractivity contribution is 0.0361. The Bertz CT molecular complexity index is 500. The third-order valence-corrected chi connectivity index (χ3v) is 3.22. The fraction of sp³-hybridized carbons (Fsp3) is 0.667. The first-order chi connectivity index (χ1) is 8.72. The molecule has 6 heteroatoms. The van der Waals surface area contributed by atoms with E-state index in [1.54, 1.807) is 10.8 Å². The molecule has 1 aliphatic rings. The van der Waals surface area contributed by atoms with Gasteiger partial charge in [0.05, 0.1) is 13.2 Å². The SMILES string of the molecule is CCn1ccc(=O)n(CCN2CCOCC2)c1=O. The second kappa shape index (κ2) is 5.97. The van der Waals surface area contributed by atoms with Crippen molar-refractivity contribution in [3.05, 3.63) is 33.1 Å². The topological polar surface area (TPSA) is 56.5 Å². The molecule has 0 atom stereocenters. The molecule has 0 bridgehead atoms.